The van der Waals surface area contributed by atoms with Crippen LogP contribution in [0.1, 0.15) is 49.2 Å². The first-order valence-electron chi connectivity index (χ1n) is 9.93. The number of aryl methyl sites for hydroxylation is 1. The Morgan fingerprint density at radius 2 is 1.85 bits per heavy atom. The quantitative estimate of drug-likeness (QED) is 0.429. The van der Waals surface area contributed by atoms with E-state index < -0.39 is 0 Å². The molecule has 0 amide bonds. The highest BCUT2D eigenvalue weighted by atomic mass is 32.1. The highest BCUT2D eigenvalue weighted by Crippen LogP contribution is 2.27. The Bertz CT molecular complexity index is 803. The molecule has 0 radical (unpaired) electrons. The van der Waals surface area contributed by atoms with Crippen LogP contribution in [0.5, 0.6) is 0 Å². The van der Waals surface area contributed by atoms with Crippen LogP contribution in [0.2, 0.25) is 0 Å². The standard InChI is InChI=1S/C20H30N4O2S/c1-24(2)12-16-23-15(13-27-16)9-4-3-5-10-21-17-18(20(26)19(17)25)22-11-14-7-6-8-14/h13-14,21-22H,3-12H2,1-2H3. The highest BCUT2D eigenvalue weighted by Gasteiger charge is 2.23. The van der Waals surface area contributed by atoms with Crippen LogP contribution in [-0.4, -0.2) is 37.1 Å². The fourth-order valence-corrected chi connectivity index (χ4v) is 4.25. The number of hydrogen-bond donors (Lipinski definition) is 2. The third-order valence-corrected chi connectivity index (χ3v) is 6.05. The van der Waals surface area contributed by atoms with Gasteiger partial charge in [-0.25, -0.2) is 4.98 Å². The van der Waals surface area contributed by atoms with E-state index in [0.717, 1.165) is 45.3 Å². The molecule has 1 aromatic carbocycles. The van der Waals surface area contributed by atoms with Crippen molar-refractivity contribution in [1.29, 1.82) is 0 Å². The second-order valence-corrected chi connectivity index (χ2v) is 8.74. The molecule has 148 valence electrons. The average molecular weight is 391 g/mol. The Hall–Kier alpha value is -1.73. The van der Waals surface area contributed by atoms with E-state index in [2.05, 4.69) is 40.0 Å². The Morgan fingerprint density at radius 1 is 1.11 bits per heavy atom. The molecule has 0 atom stereocenters. The van der Waals surface area contributed by atoms with Crippen LogP contribution in [-0.2, 0) is 13.0 Å². The number of nitrogens with one attached hydrogen (secondary N) is 2. The molecule has 2 N–H and O–H groups in total. The SMILES string of the molecule is CN(C)Cc1nc(CCCCCNc2c(NCC3CCC3)c(=O)c2=O)cs1. The third kappa shape index (κ3) is 5.39. The minimum Gasteiger partial charge on any atom is -0.380 e. The summed E-state index contributed by atoms with van der Waals surface area (Å²) in [5, 5.41) is 9.66. The minimum absolute atomic E-state index is 0.367. The Balaban J connectivity index is 1.32. The first-order valence-corrected chi connectivity index (χ1v) is 10.8. The molecule has 1 aliphatic rings. The smallest absolute Gasteiger partial charge is 0.253 e. The molecule has 27 heavy (non-hydrogen) atoms. The van der Waals surface area contributed by atoms with Gasteiger partial charge in [-0.15, -0.1) is 11.3 Å². The molecule has 1 fully saturated rings. The highest BCUT2D eigenvalue weighted by molar-refractivity contribution is 7.09. The van der Waals surface area contributed by atoms with Crippen LogP contribution < -0.4 is 21.5 Å². The van der Waals surface area contributed by atoms with Crippen molar-refractivity contribution in [3.63, 3.8) is 0 Å². The number of hydrogen-bond acceptors (Lipinski definition) is 7. The van der Waals surface area contributed by atoms with Gasteiger partial charge in [0.1, 0.15) is 16.4 Å². The summed E-state index contributed by atoms with van der Waals surface area (Å²) >= 11 is 1.73. The van der Waals surface area contributed by atoms with Crippen LogP contribution in [0.4, 0.5) is 11.4 Å². The third-order valence-electron chi connectivity index (χ3n) is 5.16. The maximum Gasteiger partial charge on any atom is 0.253 e. The summed E-state index contributed by atoms with van der Waals surface area (Å²) in [6.07, 6.45) is 7.87. The normalized spacial score (nSPS) is 14.6. The van der Waals surface area contributed by atoms with Gasteiger partial charge in [-0.1, -0.05) is 12.8 Å². The number of nitrogens with zero attached hydrogens (tertiary/aromatic N) is 2. The molecule has 1 heterocycles. The summed E-state index contributed by atoms with van der Waals surface area (Å²) in [6.45, 7) is 2.43. The molecule has 1 aliphatic carbocycles. The molecule has 2 aromatic rings. The summed E-state index contributed by atoms with van der Waals surface area (Å²) < 4.78 is 0. The van der Waals surface area contributed by atoms with Crippen LogP contribution in [0.15, 0.2) is 15.0 Å². The van der Waals surface area contributed by atoms with Crippen LogP contribution in [0.25, 0.3) is 0 Å². The van der Waals surface area contributed by atoms with Gasteiger partial charge in [0.15, 0.2) is 0 Å². The molecule has 3 rings (SSSR count). The Kier molecular flexibility index (Phi) is 7.01. The van der Waals surface area contributed by atoms with Gasteiger partial charge < -0.3 is 15.5 Å². The average Bonchev–Trinajstić information content (AvgIpc) is 3.03. The molecular weight excluding hydrogens is 360 g/mol. The first kappa shape index (κ1) is 20.0. The number of thiazole rings is 1. The topological polar surface area (TPSA) is 74.3 Å². The molecule has 0 bridgehead atoms. The number of rotatable bonds is 12. The molecule has 0 unspecified atom stereocenters. The molecule has 0 aliphatic heterocycles. The van der Waals surface area contributed by atoms with E-state index in [9.17, 15) is 9.59 Å². The van der Waals surface area contributed by atoms with Gasteiger partial charge in [-0.3, -0.25) is 9.59 Å². The van der Waals surface area contributed by atoms with Gasteiger partial charge in [-0.2, -0.15) is 0 Å². The lowest BCUT2D eigenvalue weighted by atomic mass is 9.85. The fraction of sp³-hybridized carbons (Fsp3) is 0.650. The van der Waals surface area contributed by atoms with Crippen LogP contribution >= 0.6 is 11.3 Å². The second-order valence-electron chi connectivity index (χ2n) is 7.79. The zero-order valence-electron chi connectivity index (χ0n) is 16.3. The molecule has 1 saturated carbocycles. The molecule has 7 heteroatoms. The molecule has 1 aromatic heterocycles. The maximum atomic E-state index is 11.8. The molecule has 0 spiro atoms. The van der Waals surface area contributed by atoms with Gasteiger partial charge in [0.2, 0.25) is 0 Å². The van der Waals surface area contributed by atoms with Crippen LogP contribution in [0.3, 0.4) is 0 Å². The predicted octanol–water partition coefficient (Wildman–Crippen LogP) is 2.84. The summed E-state index contributed by atoms with van der Waals surface area (Å²) in [5.74, 6) is 0.659. The van der Waals surface area contributed by atoms with Gasteiger partial charge in [-0.05, 0) is 52.1 Å². The van der Waals surface area contributed by atoms with Crippen molar-refractivity contribution < 1.29 is 0 Å². The van der Waals surface area contributed by atoms with E-state index in [1.54, 1.807) is 11.3 Å². The van der Waals surface area contributed by atoms with Crippen molar-refractivity contribution in [2.75, 3.05) is 37.8 Å². The lowest BCUT2D eigenvalue weighted by Gasteiger charge is -2.26. The maximum absolute atomic E-state index is 11.8. The van der Waals surface area contributed by atoms with E-state index in [1.165, 1.54) is 30.0 Å². The van der Waals surface area contributed by atoms with E-state index in [1.807, 2.05) is 0 Å². The van der Waals surface area contributed by atoms with Crippen molar-refractivity contribution in [1.82, 2.24) is 9.88 Å². The van der Waals surface area contributed by atoms with E-state index in [-0.39, 0.29) is 10.9 Å². The summed E-state index contributed by atoms with van der Waals surface area (Å²) in [4.78, 5) is 30.3. The molecule has 0 saturated heterocycles. The summed E-state index contributed by atoms with van der Waals surface area (Å²) in [5.41, 5.74) is 1.43. The predicted molar refractivity (Wildman–Crippen MR) is 113 cm³/mol. The number of unbranched alkanes of at least 4 members (excludes halogenated alkanes) is 2. The molecular formula is C20H30N4O2S. The van der Waals surface area contributed by atoms with Crippen molar-refractivity contribution in [2.45, 2.75) is 51.5 Å². The minimum atomic E-state index is -0.373. The van der Waals surface area contributed by atoms with Gasteiger partial charge in [0.25, 0.3) is 10.9 Å². The summed E-state index contributed by atoms with van der Waals surface area (Å²) in [6, 6.07) is 0. The van der Waals surface area contributed by atoms with Crippen molar-refractivity contribution in [3.05, 3.63) is 36.5 Å². The van der Waals surface area contributed by atoms with E-state index in [4.69, 9.17) is 0 Å². The van der Waals surface area contributed by atoms with Gasteiger partial charge >= 0.3 is 0 Å². The zero-order chi connectivity index (χ0) is 19.2. The van der Waals surface area contributed by atoms with Crippen LogP contribution in [0, 0.1) is 5.92 Å². The Labute approximate surface area is 164 Å². The lowest BCUT2D eigenvalue weighted by Crippen LogP contribution is -2.38. The monoisotopic (exact) mass is 390 g/mol. The van der Waals surface area contributed by atoms with Gasteiger partial charge in [0, 0.05) is 25.0 Å². The van der Waals surface area contributed by atoms with Gasteiger partial charge in [0.05, 0.1) is 5.69 Å². The first-order chi connectivity index (χ1) is 13.0. The van der Waals surface area contributed by atoms with E-state index >= 15 is 0 Å². The largest absolute Gasteiger partial charge is 0.380 e. The zero-order valence-corrected chi connectivity index (χ0v) is 17.2. The van der Waals surface area contributed by atoms with Crippen molar-refractivity contribution in [3.8, 4) is 0 Å². The second kappa shape index (κ2) is 9.46. The van der Waals surface area contributed by atoms with Crippen molar-refractivity contribution >= 4 is 22.7 Å². The lowest BCUT2D eigenvalue weighted by molar-refractivity contribution is 0.333. The number of anilines is 2. The summed E-state index contributed by atoms with van der Waals surface area (Å²) in [7, 11) is 4.11. The Morgan fingerprint density at radius 3 is 2.52 bits per heavy atom. The fourth-order valence-electron chi connectivity index (χ4n) is 3.30. The van der Waals surface area contributed by atoms with Crippen molar-refractivity contribution in [2.24, 2.45) is 5.92 Å². The van der Waals surface area contributed by atoms with E-state index in [0.29, 0.717) is 17.3 Å². The number of aromatic nitrogens is 1. The molecule has 6 nitrogen and oxygen atoms in total.